The molecule has 0 aromatic rings. The molecule has 0 bridgehead atoms. The molecule has 0 aromatic carbocycles. The van der Waals surface area contributed by atoms with Gasteiger partial charge in [0.15, 0.2) is 0 Å². The molecular weight excluding hydrogens is 98.1 g/mol. The Morgan fingerprint density at radius 3 is 2.75 bits per heavy atom. The van der Waals surface area contributed by atoms with Crippen molar-refractivity contribution in [2.45, 2.75) is 25.3 Å². The van der Waals surface area contributed by atoms with Crippen LogP contribution in [0.1, 0.15) is 19.3 Å². The van der Waals surface area contributed by atoms with Crippen molar-refractivity contribution >= 4 is 0 Å². The highest BCUT2D eigenvalue weighted by molar-refractivity contribution is 5.00. The van der Waals surface area contributed by atoms with Crippen LogP contribution in [0, 0.1) is 5.92 Å². The predicted molar refractivity (Wildman–Crippen MR) is 32.4 cm³/mol. The fraction of sp³-hybridized carbons (Fsp3) is 0.714. The summed E-state index contributed by atoms with van der Waals surface area (Å²) in [5.41, 5.74) is 0. The van der Waals surface area contributed by atoms with Crippen molar-refractivity contribution in [1.29, 1.82) is 0 Å². The number of hydrogen-bond donors (Lipinski definition) is 0. The van der Waals surface area contributed by atoms with Crippen LogP contribution in [0.3, 0.4) is 0 Å². The molecule has 1 unspecified atom stereocenters. The van der Waals surface area contributed by atoms with Gasteiger partial charge in [-0.3, -0.25) is 5.32 Å². The second-order valence-corrected chi connectivity index (χ2v) is 2.67. The van der Waals surface area contributed by atoms with Crippen molar-refractivity contribution in [1.82, 2.24) is 5.32 Å². The summed E-state index contributed by atoms with van der Waals surface area (Å²) in [5, 5.41) is 4.32. The molecule has 0 N–H and O–H groups in total. The third-order valence-corrected chi connectivity index (χ3v) is 1.93. The molecule has 2 rings (SSSR count). The zero-order chi connectivity index (χ0) is 5.40. The van der Waals surface area contributed by atoms with Crippen LogP contribution in [0.4, 0.5) is 0 Å². The molecular formula is C7H10N. The van der Waals surface area contributed by atoms with Gasteiger partial charge in [0.1, 0.15) is 0 Å². The molecule has 1 aliphatic carbocycles. The third-order valence-electron chi connectivity index (χ3n) is 1.93. The minimum Gasteiger partial charge on any atom is -0.290 e. The Kier molecular flexibility index (Phi) is 0.833. The van der Waals surface area contributed by atoms with Crippen molar-refractivity contribution in [3.63, 3.8) is 0 Å². The van der Waals surface area contributed by atoms with Crippen LogP contribution in [0.15, 0.2) is 12.3 Å². The average molecular weight is 108 g/mol. The van der Waals surface area contributed by atoms with E-state index in [1.54, 1.807) is 0 Å². The minimum atomic E-state index is 0.690. The monoisotopic (exact) mass is 108 g/mol. The summed E-state index contributed by atoms with van der Waals surface area (Å²) in [5.74, 6) is 0.963. The zero-order valence-electron chi connectivity index (χ0n) is 4.88. The molecule has 1 heteroatoms. The topological polar surface area (TPSA) is 14.1 Å². The highest BCUT2D eigenvalue weighted by atomic mass is 14.9. The van der Waals surface area contributed by atoms with Gasteiger partial charge < -0.3 is 0 Å². The minimum absolute atomic E-state index is 0.690. The van der Waals surface area contributed by atoms with Gasteiger partial charge >= 0.3 is 0 Å². The van der Waals surface area contributed by atoms with E-state index in [9.17, 15) is 0 Å². The molecule has 43 valence electrons. The van der Waals surface area contributed by atoms with E-state index in [1.807, 2.05) is 6.20 Å². The second kappa shape index (κ2) is 1.51. The molecule has 1 nitrogen and oxygen atoms in total. The lowest BCUT2D eigenvalue weighted by Gasteiger charge is -2.03. The largest absolute Gasteiger partial charge is 0.290 e. The molecule has 1 fully saturated rings. The van der Waals surface area contributed by atoms with Gasteiger partial charge in [0, 0.05) is 6.20 Å². The van der Waals surface area contributed by atoms with Crippen LogP contribution in [-0.4, -0.2) is 6.04 Å². The number of rotatable bonds is 1. The fourth-order valence-electron chi connectivity index (χ4n) is 1.23. The van der Waals surface area contributed by atoms with E-state index in [4.69, 9.17) is 0 Å². The third kappa shape index (κ3) is 0.623. The van der Waals surface area contributed by atoms with Crippen LogP contribution in [-0.2, 0) is 0 Å². The Balaban J connectivity index is 1.90. The van der Waals surface area contributed by atoms with E-state index in [0.29, 0.717) is 6.04 Å². The Morgan fingerprint density at radius 1 is 1.38 bits per heavy atom. The van der Waals surface area contributed by atoms with Crippen LogP contribution in [0.2, 0.25) is 0 Å². The first kappa shape index (κ1) is 4.42. The Bertz CT molecular complexity index is 106. The van der Waals surface area contributed by atoms with E-state index in [2.05, 4.69) is 11.4 Å². The highest BCUT2D eigenvalue weighted by Gasteiger charge is 2.31. The maximum Gasteiger partial charge on any atom is 0.0562 e. The maximum atomic E-state index is 4.32. The molecule has 1 aliphatic heterocycles. The number of nitrogens with zero attached hydrogens (tertiary/aromatic N) is 1. The smallest absolute Gasteiger partial charge is 0.0562 e. The summed E-state index contributed by atoms with van der Waals surface area (Å²) >= 11 is 0. The summed E-state index contributed by atoms with van der Waals surface area (Å²) in [6.07, 6.45) is 8.20. The maximum absolute atomic E-state index is 4.32. The van der Waals surface area contributed by atoms with Crippen molar-refractivity contribution in [3.05, 3.63) is 12.3 Å². The lowest BCUT2D eigenvalue weighted by atomic mass is 10.1. The second-order valence-electron chi connectivity index (χ2n) is 2.67. The van der Waals surface area contributed by atoms with Gasteiger partial charge in [-0.2, -0.15) is 0 Å². The van der Waals surface area contributed by atoms with Crippen molar-refractivity contribution in [2.75, 3.05) is 0 Å². The highest BCUT2D eigenvalue weighted by Crippen LogP contribution is 2.35. The Labute approximate surface area is 49.8 Å². The van der Waals surface area contributed by atoms with Gasteiger partial charge in [0.25, 0.3) is 0 Å². The Morgan fingerprint density at radius 2 is 2.25 bits per heavy atom. The fourth-order valence-corrected chi connectivity index (χ4v) is 1.23. The van der Waals surface area contributed by atoms with Crippen LogP contribution < -0.4 is 5.32 Å². The molecule has 2 aliphatic rings. The van der Waals surface area contributed by atoms with E-state index in [0.717, 1.165) is 5.92 Å². The first-order valence-electron chi connectivity index (χ1n) is 3.32. The molecule has 1 heterocycles. The molecule has 0 spiro atoms. The molecule has 0 amide bonds. The normalized spacial score (nSPS) is 35.2. The van der Waals surface area contributed by atoms with Gasteiger partial charge in [-0.1, -0.05) is 6.08 Å². The Hall–Kier alpha value is -0.460. The summed E-state index contributed by atoms with van der Waals surface area (Å²) in [4.78, 5) is 0. The van der Waals surface area contributed by atoms with Gasteiger partial charge in [0.2, 0.25) is 0 Å². The van der Waals surface area contributed by atoms with E-state index in [1.165, 1.54) is 19.3 Å². The molecule has 8 heavy (non-hydrogen) atoms. The van der Waals surface area contributed by atoms with Crippen molar-refractivity contribution in [2.24, 2.45) is 5.92 Å². The van der Waals surface area contributed by atoms with Gasteiger partial charge in [0.05, 0.1) is 6.04 Å². The predicted octanol–water partition coefficient (Wildman–Crippen LogP) is 1.29. The molecule has 1 saturated carbocycles. The molecule has 0 saturated heterocycles. The number of hydrogen-bond acceptors (Lipinski definition) is 0. The SMILES string of the molecule is C1=C[N]C(C2CC2)C1. The van der Waals surface area contributed by atoms with Crippen LogP contribution in [0.5, 0.6) is 0 Å². The molecule has 1 atom stereocenters. The molecule has 0 aromatic heterocycles. The summed E-state index contributed by atoms with van der Waals surface area (Å²) in [6.45, 7) is 0. The first-order valence-corrected chi connectivity index (χ1v) is 3.32. The van der Waals surface area contributed by atoms with Crippen molar-refractivity contribution < 1.29 is 0 Å². The van der Waals surface area contributed by atoms with Gasteiger partial charge in [-0.05, 0) is 25.2 Å². The van der Waals surface area contributed by atoms with Crippen LogP contribution in [0.25, 0.3) is 0 Å². The summed E-state index contributed by atoms with van der Waals surface area (Å²) in [6, 6.07) is 0.690. The van der Waals surface area contributed by atoms with E-state index >= 15 is 0 Å². The van der Waals surface area contributed by atoms with E-state index in [-0.39, 0.29) is 0 Å². The lowest BCUT2D eigenvalue weighted by molar-refractivity contribution is 0.548. The lowest BCUT2D eigenvalue weighted by Crippen LogP contribution is -2.14. The van der Waals surface area contributed by atoms with Gasteiger partial charge in [-0.25, -0.2) is 0 Å². The standard InChI is InChI=1S/C7H10N/c1-2-7(8-5-1)6-3-4-6/h1,5-7H,2-4H2. The quantitative estimate of drug-likeness (QED) is 0.480. The average Bonchev–Trinajstić information content (AvgIpc) is 2.49. The van der Waals surface area contributed by atoms with Gasteiger partial charge in [-0.15, -0.1) is 0 Å². The van der Waals surface area contributed by atoms with Crippen molar-refractivity contribution in [3.8, 4) is 0 Å². The first-order chi connectivity index (χ1) is 3.97. The zero-order valence-corrected chi connectivity index (χ0v) is 4.88. The van der Waals surface area contributed by atoms with E-state index < -0.39 is 0 Å². The van der Waals surface area contributed by atoms with Crippen LogP contribution >= 0.6 is 0 Å². The molecule has 1 radical (unpaired) electrons. The summed E-state index contributed by atoms with van der Waals surface area (Å²) in [7, 11) is 0. The summed E-state index contributed by atoms with van der Waals surface area (Å²) < 4.78 is 0.